The largest absolute Gasteiger partial charge is 0.480 e. The Morgan fingerprint density at radius 3 is 2.36 bits per heavy atom. The molecule has 0 aliphatic carbocycles. The standard InChI is InChI=1S/C5H10N2O4/c1-6-5(11)7-3(2-8)4(9)10/h3,8H,2H2,1H3,(H,9,10)(H2,6,7,11)/t3-/m0/s1. The van der Waals surface area contributed by atoms with Gasteiger partial charge in [0.25, 0.3) is 0 Å². The van der Waals surface area contributed by atoms with E-state index in [1.807, 2.05) is 5.32 Å². The van der Waals surface area contributed by atoms with Crippen LogP contribution < -0.4 is 10.6 Å². The predicted octanol–water partition coefficient (Wildman–Crippen LogP) is -1.64. The van der Waals surface area contributed by atoms with Crippen LogP contribution in [0.15, 0.2) is 0 Å². The molecule has 2 amide bonds. The second kappa shape index (κ2) is 4.51. The van der Waals surface area contributed by atoms with Gasteiger partial charge in [0.2, 0.25) is 0 Å². The lowest BCUT2D eigenvalue weighted by Gasteiger charge is -2.09. The molecule has 4 N–H and O–H groups in total. The summed E-state index contributed by atoms with van der Waals surface area (Å²) in [5, 5.41) is 20.9. The van der Waals surface area contributed by atoms with Gasteiger partial charge in [-0.05, 0) is 0 Å². The molecule has 0 rings (SSSR count). The smallest absolute Gasteiger partial charge is 0.328 e. The average Bonchev–Trinajstić information content (AvgIpc) is 1.99. The number of carbonyl (C=O) groups is 2. The van der Waals surface area contributed by atoms with Crippen molar-refractivity contribution < 1.29 is 19.8 Å². The van der Waals surface area contributed by atoms with Gasteiger partial charge in [-0.2, -0.15) is 0 Å². The number of hydrogen-bond acceptors (Lipinski definition) is 3. The van der Waals surface area contributed by atoms with Gasteiger partial charge < -0.3 is 20.8 Å². The highest BCUT2D eigenvalue weighted by molar-refractivity contribution is 5.82. The molecular weight excluding hydrogens is 152 g/mol. The molecule has 0 saturated carbocycles. The number of hydrogen-bond donors (Lipinski definition) is 4. The van der Waals surface area contributed by atoms with E-state index in [2.05, 4.69) is 5.32 Å². The van der Waals surface area contributed by atoms with Crippen LogP contribution in [0.25, 0.3) is 0 Å². The minimum Gasteiger partial charge on any atom is -0.480 e. The molecule has 0 saturated heterocycles. The second-order valence-corrected chi connectivity index (χ2v) is 1.80. The Hall–Kier alpha value is -1.30. The van der Waals surface area contributed by atoms with Crippen LogP contribution in [0.3, 0.4) is 0 Å². The van der Waals surface area contributed by atoms with Gasteiger partial charge in [0, 0.05) is 7.05 Å². The lowest BCUT2D eigenvalue weighted by atomic mass is 10.3. The molecule has 6 heteroatoms. The zero-order valence-electron chi connectivity index (χ0n) is 6.00. The van der Waals surface area contributed by atoms with Crippen molar-refractivity contribution in [1.29, 1.82) is 0 Å². The lowest BCUT2D eigenvalue weighted by molar-refractivity contribution is -0.140. The zero-order chi connectivity index (χ0) is 8.85. The lowest BCUT2D eigenvalue weighted by Crippen LogP contribution is -2.46. The van der Waals surface area contributed by atoms with Crippen LogP contribution >= 0.6 is 0 Å². The van der Waals surface area contributed by atoms with Gasteiger partial charge >= 0.3 is 12.0 Å². The highest BCUT2D eigenvalue weighted by Gasteiger charge is 2.17. The fraction of sp³-hybridized carbons (Fsp3) is 0.600. The van der Waals surface area contributed by atoms with Crippen molar-refractivity contribution in [2.75, 3.05) is 13.7 Å². The SMILES string of the molecule is CNC(=O)N[C@@H](CO)C(=O)O. The highest BCUT2D eigenvalue weighted by atomic mass is 16.4. The Morgan fingerprint density at radius 1 is 1.55 bits per heavy atom. The number of aliphatic hydroxyl groups excluding tert-OH is 1. The van der Waals surface area contributed by atoms with Crippen molar-refractivity contribution in [2.24, 2.45) is 0 Å². The second-order valence-electron chi connectivity index (χ2n) is 1.80. The van der Waals surface area contributed by atoms with Crippen LogP contribution in [0.1, 0.15) is 0 Å². The summed E-state index contributed by atoms with van der Waals surface area (Å²) in [4.78, 5) is 20.7. The number of carbonyl (C=O) groups excluding carboxylic acids is 1. The molecule has 0 fully saturated rings. The summed E-state index contributed by atoms with van der Waals surface area (Å²) in [7, 11) is 1.35. The van der Waals surface area contributed by atoms with Crippen molar-refractivity contribution in [3.63, 3.8) is 0 Å². The molecule has 0 unspecified atom stereocenters. The van der Waals surface area contributed by atoms with Gasteiger partial charge in [0.1, 0.15) is 0 Å². The fourth-order valence-electron chi connectivity index (χ4n) is 0.416. The monoisotopic (exact) mass is 162 g/mol. The molecule has 1 atom stereocenters. The van der Waals surface area contributed by atoms with E-state index in [1.54, 1.807) is 0 Å². The molecule has 0 aliphatic rings. The van der Waals surface area contributed by atoms with Crippen LogP contribution in [0.5, 0.6) is 0 Å². The van der Waals surface area contributed by atoms with Gasteiger partial charge in [0.15, 0.2) is 6.04 Å². The van der Waals surface area contributed by atoms with Crippen molar-refractivity contribution in [1.82, 2.24) is 10.6 Å². The maximum Gasteiger partial charge on any atom is 0.328 e. The number of carboxylic acid groups (broad SMARTS) is 1. The minimum atomic E-state index is -1.27. The molecule has 64 valence electrons. The summed E-state index contributed by atoms with van der Waals surface area (Å²) < 4.78 is 0. The Bertz CT molecular complexity index is 159. The summed E-state index contributed by atoms with van der Waals surface area (Å²) in [6.07, 6.45) is 0. The maximum absolute atomic E-state index is 10.5. The third-order valence-electron chi connectivity index (χ3n) is 1.01. The van der Waals surface area contributed by atoms with E-state index in [1.165, 1.54) is 7.05 Å². The third kappa shape index (κ3) is 3.41. The number of urea groups is 1. The van der Waals surface area contributed by atoms with Crippen LogP contribution in [0, 0.1) is 0 Å². The Labute approximate surface area is 63.2 Å². The van der Waals surface area contributed by atoms with Crippen molar-refractivity contribution >= 4 is 12.0 Å². The summed E-state index contributed by atoms with van der Waals surface area (Å²) in [5.41, 5.74) is 0. The Morgan fingerprint density at radius 2 is 2.09 bits per heavy atom. The van der Waals surface area contributed by atoms with Gasteiger partial charge in [-0.15, -0.1) is 0 Å². The van der Waals surface area contributed by atoms with Gasteiger partial charge in [-0.3, -0.25) is 0 Å². The third-order valence-corrected chi connectivity index (χ3v) is 1.01. The molecule has 0 bridgehead atoms. The molecule has 0 spiro atoms. The predicted molar refractivity (Wildman–Crippen MR) is 36.1 cm³/mol. The van der Waals surface area contributed by atoms with Crippen molar-refractivity contribution in [3.8, 4) is 0 Å². The molecule has 0 aromatic heterocycles. The van der Waals surface area contributed by atoms with E-state index in [-0.39, 0.29) is 0 Å². The highest BCUT2D eigenvalue weighted by Crippen LogP contribution is 1.80. The van der Waals surface area contributed by atoms with E-state index < -0.39 is 24.6 Å². The number of amides is 2. The van der Waals surface area contributed by atoms with Crippen LogP contribution in [0.4, 0.5) is 4.79 Å². The first-order valence-corrected chi connectivity index (χ1v) is 2.93. The quantitative estimate of drug-likeness (QED) is 0.400. The summed E-state index contributed by atoms with van der Waals surface area (Å²) in [6.45, 7) is -0.622. The van der Waals surface area contributed by atoms with Crippen LogP contribution in [-0.2, 0) is 4.79 Å². The number of nitrogens with one attached hydrogen (secondary N) is 2. The van der Waals surface area contributed by atoms with E-state index in [0.717, 1.165) is 0 Å². The molecule has 0 radical (unpaired) electrons. The van der Waals surface area contributed by atoms with Crippen molar-refractivity contribution in [3.05, 3.63) is 0 Å². The summed E-state index contributed by atoms with van der Waals surface area (Å²) in [6, 6.07) is -1.87. The van der Waals surface area contributed by atoms with Gasteiger partial charge in [0.05, 0.1) is 6.61 Å². The van der Waals surface area contributed by atoms with Crippen LogP contribution in [-0.4, -0.2) is 41.9 Å². The van der Waals surface area contributed by atoms with E-state index >= 15 is 0 Å². The minimum absolute atomic E-state index is 0.622. The molecular formula is C5H10N2O4. The first-order valence-electron chi connectivity index (χ1n) is 2.93. The molecule has 0 aromatic rings. The average molecular weight is 162 g/mol. The van der Waals surface area contributed by atoms with Crippen LogP contribution in [0.2, 0.25) is 0 Å². The molecule has 0 aliphatic heterocycles. The fourth-order valence-corrected chi connectivity index (χ4v) is 0.416. The number of rotatable bonds is 3. The molecule has 6 nitrogen and oxygen atoms in total. The topological polar surface area (TPSA) is 98.7 Å². The Balaban J connectivity index is 3.88. The zero-order valence-corrected chi connectivity index (χ0v) is 6.00. The first-order chi connectivity index (χ1) is 5.11. The molecule has 11 heavy (non-hydrogen) atoms. The number of aliphatic hydroxyl groups is 1. The van der Waals surface area contributed by atoms with Gasteiger partial charge in [-0.1, -0.05) is 0 Å². The normalized spacial score (nSPS) is 11.8. The first kappa shape index (κ1) is 9.70. The molecule has 0 aromatic carbocycles. The van der Waals surface area contributed by atoms with Crippen molar-refractivity contribution in [2.45, 2.75) is 6.04 Å². The summed E-state index contributed by atoms with van der Waals surface area (Å²) in [5.74, 6) is -1.27. The Kier molecular flexibility index (Phi) is 3.97. The van der Waals surface area contributed by atoms with E-state index in [4.69, 9.17) is 10.2 Å². The maximum atomic E-state index is 10.5. The summed E-state index contributed by atoms with van der Waals surface area (Å²) >= 11 is 0. The van der Waals surface area contributed by atoms with E-state index in [0.29, 0.717) is 0 Å². The number of aliphatic carboxylic acids is 1. The number of carboxylic acids is 1. The van der Waals surface area contributed by atoms with Gasteiger partial charge in [-0.25, -0.2) is 9.59 Å². The molecule has 0 heterocycles. The van der Waals surface area contributed by atoms with E-state index in [9.17, 15) is 9.59 Å².